The zero-order valence-electron chi connectivity index (χ0n) is 12.7. The summed E-state index contributed by atoms with van der Waals surface area (Å²) in [5.74, 6) is 0. The Morgan fingerprint density at radius 1 is 1.16 bits per heavy atom. The lowest BCUT2D eigenvalue weighted by Gasteiger charge is -2.35. The molecule has 0 aliphatic carbocycles. The number of benzene rings is 1. The van der Waals surface area contributed by atoms with E-state index in [0.29, 0.717) is 0 Å². The third-order valence-electron chi connectivity index (χ3n) is 4.34. The monoisotopic (exact) mass is 260 g/mol. The normalized spacial score (nSPS) is 17.1. The van der Waals surface area contributed by atoms with E-state index in [1.807, 2.05) is 0 Å². The largest absolute Gasteiger partial charge is 0.317 e. The molecule has 0 unspecified atom stereocenters. The van der Waals surface area contributed by atoms with E-state index >= 15 is 0 Å². The van der Waals surface area contributed by atoms with E-state index in [-0.39, 0.29) is 0 Å². The van der Waals surface area contributed by atoms with Crippen LogP contribution in [0.1, 0.15) is 42.9 Å². The molecule has 2 nitrogen and oxygen atoms in total. The Labute approximate surface area is 118 Å². The number of aryl methyl sites for hydroxylation is 2. The molecule has 0 atom stereocenters. The van der Waals surface area contributed by atoms with Crippen LogP contribution in [0.5, 0.6) is 0 Å². The molecular formula is C17H28N2. The van der Waals surface area contributed by atoms with Crippen molar-refractivity contribution in [2.75, 3.05) is 19.6 Å². The molecular weight excluding hydrogens is 232 g/mol. The number of piperidine rings is 1. The van der Waals surface area contributed by atoms with Crippen LogP contribution in [0, 0.1) is 13.8 Å². The van der Waals surface area contributed by atoms with Gasteiger partial charge in [-0.25, -0.2) is 0 Å². The summed E-state index contributed by atoms with van der Waals surface area (Å²) in [7, 11) is 0. The Balaban J connectivity index is 2.11. The highest BCUT2D eigenvalue weighted by molar-refractivity contribution is 5.33. The van der Waals surface area contributed by atoms with E-state index < -0.39 is 0 Å². The van der Waals surface area contributed by atoms with Crippen molar-refractivity contribution in [2.45, 2.75) is 52.6 Å². The summed E-state index contributed by atoms with van der Waals surface area (Å²) < 4.78 is 0. The fourth-order valence-corrected chi connectivity index (χ4v) is 3.15. The van der Waals surface area contributed by atoms with Crippen LogP contribution >= 0.6 is 0 Å². The van der Waals surface area contributed by atoms with Gasteiger partial charge in [-0.2, -0.15) is 0 Å². The second kappa shape index (κ2) is 7.06. The smallest absolute Gasteiger partial charge is 0.0241 e. The summed E-state index contributed by atoms with van der Waals surface area (Å²) in [6, 6.07) is 7.42. The Morgan fingerprint density at radius 2 is 1.79 bits per heavy atom. The first kappa shape index (κ1) is 14.5. The standard InChI is InChI=1S/C17H28N2/c1-4-12-19(16-8-10-18-11-9-16)13-17-14(2)6-5-7-15(17)3/h5-7,16,18H,4,8-13H2,1-3H3. The summed E-state index contributed by atoms with van der Waals surface area (Å²) in [5.41, 5.74) is 4.42. The first-order valence-corrected chi connectivity index (χ1v) is 7.72. The van der Waals surface area contributed by atoms with Crippen LogP contribution in [0.2, 0.25) is 0 Å². The summed E-state index contributed by atoms with van der Waals surface area (Å²) in [6.07, 6.45) is 3.84. The Bertz CT molecular complexity index is 374. The SMILES string of the molecule is CCCN(Cc1c(C)cccc1C)C1CCNCC1. The summed E-state index contributed by atoms with van der Waals surface area (Å²) in [5, 5.41) is 3.47. The zero-order chi connectivity index (χ0) is 13.7. The van der Waals surface area contributed by atoms with Crippen molar-refractivity contribution in [3.8, 4) is 0 Å². The number of hydrogen-bond donors (Lipinski definition) is 1. The second-order valence-electron chi connectivity index (χ2n) is 5.82. The molecule has 1 N–H and O–H groups in total. The van der Waals surface area contributed by atoms with Crippen LogP contribution in [0.15, 0.2) is 18.2 Å². The van der Waals surface area contributed by atoms with Crippen LogP contribution in [-0.4, -0.2) is 30.6 Å². The van der Waals surface area contributed by atoms with Gasteiger partial charge < -0.3 is 5.32 Å². The molecule has 1 aliphatic rings. The molecule has 1 saturated heterocycles. The lowest BCUT2D eigenvalue weighted by atomic mass is 9.99. The molecule has 0 bridgehead atoms. The lowest BCUT2D eigenvalue weighted by Crippen LogP contribution is -2.43. The molecule has 2 rings (SSSR count). The van der Waals surface area contributed by atoms with Crippen LogP contribution < -0.4 is 5.32 Å². The van der Waals surface area contributed by atoms with Gasteiger partial charge in [0.25, 0.3) is 0 Å². The van der Waals surface area contributed by atoms with Gasteiger partial charge in [0.05, 0.1) is 0 Å². The van der Waals surface area contributed by atoms with E-state index in [0.717, 1.165) is 12.6 Å². The highest BCUT2D eigenvalue weighted by Gasteiger charge is 2.21. The number of nitrogens with zero attached hydrogens (tertiary/aromatic N) is 1. The average Bonchev–Trinajstić information content (AvgIpc) is 2.43. The van der Waals surface area contributed by atoms with Gasteiger partial charge in [0, 0.05) is 12.6 Å². The lowest BCUT2D eigenvalue weighted by molar-refractivity contribution is 0.153. The third-order valence-corrected chi connectivity index (χ3v) is 4.34. The summed E-state index contributed by atoms with van der Waals surface area (Å²) in [4.78, 5) is 2.70. The molecule has 1 aromatic rings. The van der Waals surface area contributed by atoms with Crippen LogP contribution in [-0.2, 0) is 6.54 Å². The first-order chi connectivity index (χ1) is 9.22. The van der Waals surface area contributed by atoms with Gasteiger partial charge in [0.2, 0.25) is 0 Å². The van der Waals surface area contributed by atoms with E-state index in [2.05, 4.69) is 49.2 Å². The van der Waals surface area contributed by atoms with Gasteiger partial charge in [-0.15, -0.1) is 0 Å². The molecule has 2 heteroatoms. The van der Waals surface area contributed by atoms with Crippen LogP contribution in [0.4, 0.5) is 0 Å². The molecule has 106 valence electrons. The first-order valence-electron chi connectivity index (χ1n) is 7.72. The minimum atomic E-state index is 0.764. The number of rotatable bonds is 5. The van der Waals surface area contributed by atoms with Gasteiger partial charge >= 0.3 is 0 Å². The van der Waals surface area contributed by atoms with Crippen molar-refractivity contribution >= 4 is 0 Å². The maximum absolute atomic E-state index is 3.47. The zero-order valence-corrected chi connectivity index (χ0v) is 12.7. The fourth-order valence-electron chi connectivity index (χ4n) is 3.15. The van der Waals surface area contributed by atoms with Crippen molar-refractivity contribution < 1.29 is 0 Å². The number of nitrogens with one attached hydrogen (secondary N) is 1. The van der Waals surface area contributed by atoms with Gasteiger partial charge in [-0.3, -0.25) is 4.90 Å². The van der Waals surface area contributed by atoms with Crippen molar-refractivity contribution in [1.82, 2.24) is 10.2 Å². The minimum Gasteiger partial charge on any atom is -0.317 e. The third kappa shape index (κ3) is 3.80. The summed E-state index contributed by atoms with van der Waals surface area (Å²) in [6.45, 7) is 11.5. The van der Waals surface area contributed by atoms with Crippen LogP contribution in [0.3, 0.4) is 0 Å². The predicted octanol–water partition coefficient (Wildman–Crippen LogP) is 3.27. The van der Waals surface area contributed by atoms with Gasteiger partial charge in [0.1, 0.15) is 0 Å². The fraction of sp³-hybridized carbons (Fsp3) is 0.647. The molecule has 0 saturated carbocycles. The highest BCUT2D eigenvalue weighted by Crippen LogP contribution is 2.20. The predicted molar refractivity (Wildman–Crippen MR) is 82.5 cm³/mol. The van der Waals surface area contributed by atoms with E-state index in [4.69, 9.17) is 0 Å². The highest BCUT2D eigenvalue weighted by atomic mass is 15.2. The Kier molecular flexibility index (Phi) is 5.41. The summed E-state index contributed by atoms with van der Waals surface area (Å²) >= 11 is 0. The minimum absolute atomic E-state index is 0.764. The maximum Gasteiger partial charge on any atom is 0.0241 e. The van der Waals surface area contributed by atoms with E-state index in [1.54, 1.807) is 0 Å². The van der Waals surface area contributed by atoms with Gasteiger partial charge in [-0.05, 0) is 69.4 Å². The van der Waals surface area contributed by atoms with Gasteiger partial charge in [-0.1, -0.05) is 25.1 Å². The van der Waals surface area contributed by atoms with Gasteiger partial charge in [0.15, 0.2) is 0 Å². The Morgan fingerprint density at radius 3 is 2.37 bits per heavy atom. The molecule has 0 amide bonds. The molecule has 1 aliphatic heterocycles. The van der Waals surface area contributed by atoms with Crippen molar-refractivity contribution in [1.29, 1.82) is 0 Å². The topological polar surface area (TPSA) is 15.3 Å². The second-order valence-corrected chi connectivity index (χ2v) is 5.82. The quantitative estimate of drug-likeness (QED) is 0.874. The van der Waals surface area contributed by atoms with Crippen molar-refractivity contribution in [3.63, 3.8) is 0 Å². The maximum atomic E-state index is 3.47. The molecule has 1 aromatic carbocycles. The van der Waals surface area contributed by atoms with E-state index in [9.17, 15) is 0 Å². The van der Waals surface area contributed by atoms with Crippen molar-refractivity contribution in [2.24, 2.45) is 0 Å². The van der Waals surface area contributed by atoms with E-state index in [1.165, 1.54) is 55.6 Å². The molecule has 0 spiro atoms. The molecule has 0 aromatic heterocycles. The molecule has 1 heterocycles. The number of hydrogen-bond acceptors (Lipinski definition) is 2. The van der Waals surface area contributed by atoms with Crippen molar-refractivity contribution in [3.05, 3.63) is 34.9 Å². The van der Waals surface area contributed by atoms with Crippen LogP contribution in [0.25, 0.3) is 0 Å². The Hall–Kier alpha value is -0.860. The molecule has 0 radical (unpaired) electrons. The average molecular weight is 260 g/mol. The molecule has 19 heavy (non-hydrogen) atoms. The molecule has 1 fully saturated rings.